The van der Waals surface area contributed by atoms with E-state index in [1.165, 1.54) is 16.9 Å². The highest BCUT2D eigenvalue weighted by atomic mass is 79.9. The lowest BCUT2D eigenvalue weighted by Gasteiger charge is -2.08. The summed E-state index contributed by atoms with van der Waals surface area (Å²) in [5, 5.41) is 11.1. The van der Waals surface area contributed by atoms with E-state index >= 15 is 0 Å². The summed E-state index contributed by atoms with van der Waals surface area (Å²) < 4.78 is 42.8. The molecule has 0 spiro atoms. The van der Waals surface area contributed by atoms with Crippen LogP contribution in [-0.4, -0.2) is 25.5 Å². The Morgan fingerprint density at radius 3 is 2.28 bits per heavy atom. The molecule has 1 N–H and O–H groups in total. The van der Waals surface area contributed by atoms with Crippen molar-refractivity contribution in [3.63, 3.8) is 0 Å². The number of aromatic nitrogens is 4. The molecule has 0 aliphatic heterocycles. The van der Waals surface area contributed by atoms with E-state index in [2.05, 4.69) is 31.4 Å². The van der Waals surface area contributed by atoms with Crippen LogP contribution in [0.2, 0.25) is 0 Å². The lowest BCUT2D eigenvalue weighted by Crippen LogP contribution is -2.12. The molecule has 4 rings (SSSR count). The van der Waals surface area contributed by atoms with Gasteiger partial charge in [0.05, 0.1) is 41.2 Å². The number of anilines is 1. The van der Waals surface area contributed by atoms with Gasteiger partial charge in [-0.25, -0.2) is 0 Å². The maximum absolute atomic E-state index is 12.9. The third kappa shape index (κ3) is 5.44. The number of nitrogens with zero attached hydrogens (tertiary/aromatic N) is 4. The lowest BCUT2D eigenvalue weighted by molar-refractivity contribution is -0.137. The van der Waals surface area contributed by atoms with E-state index in [9.17, 15) is 18.0 Å². The molecule has 0 radical (unpaired) electrons. The first kappa shape index (κ1) is 21.8. The molecule has 4 aromatic rings. The van der Waals surface area contributed by atoms with Crippen LogP contribution in [0, 0.1) is 0 Å². The summed E-state index contributed by atoms with van der Waals surface area (Å²) in [6, 6.07) is 12.2. The topological polar surface area (TPSA) is 64.7 Å². The fourth-order valence-electron chi connectivity index (χ4n) is 3.17. The summed E-state index contributed by atoms with van der Waals surface area (Å²) in [4.78, 5) is 12.6. The predicted molar refractivity (Wildman–Crippen MR) is 116 cm³/mol. The van der Waals surface area contributed by atoms with E-state index in [4.69, 9.17) is 0 Å². The van der Waals surface area contributed by atoms with Gasteiger partial charge in [-0.2, -0.15) is 23.4 Å². The van der Waals surface area contributed by atoms with Crippen LogP contribution in [-0.2, 0) is 19.3 Å². The number of benzene rings is 2. The number of amides is 1. The maximum atomic E-state index is 12.9. The quantitative estimate of drug-likeness (QED) is 0.392. The van der Waals surface area contributed by atoms with Crippen molar-refractivity contribution in [2.45, 2.75) is 19.3 Å². The summed E-state index contributed by atoms with van der Waals surface area (Å²) in [6.45, 7) is 0.663. The molecule has 0 unspecified atom stereocenters. The Balaban J connectivity index is 1.41. The van der Waals surface area contributed by atoms with Crippen LogP contribution in [0.1, 0.15) is 27.0 Å². The van der Waals surface area contributed by atoms with Gasteiger partial charge in [0.25, 0.3) is 5.91 Å². The molecule has 0 saturated heterocycles. The van der Waals surface area contributed by atoms with Gasteiger partial charge in [0, 0.05) is 18.0 Å². The normalized spacial score (nSPS) is 11.5. The molecule has 2 heterocycles. The largest absolute Gasteiger partial charge is 0.416 e. The van der Waals surface area contributed by atoms with Crippen molar-refractivity contribution >= 4 is 27.5 Å². The molecule has 32 heavy (non-hydrogen) atoms. The van der Waals surface area contributed by atoms with Gasteiger partial charge in [-0.1, -0.05) is 24.3 Å². The van der Waals surface area contributed by atoms with E-state index in [0.29, 0.717) is 23.4 Å². The van der Waals surface area contributed by atoms with Crippen molar-refractivity contribution in [1.29, 1.82) is 0 Å². The molecule has 10 heteroatoms. The van der Waals surface area contributed by atoms with Crippen LogP contribution in [0.25, 0.3) is 0 Å². The Labute approximate surface area is 189 Å². The van der Waals surface area contributed by atoms with E-state index in [-0.39, 0.29) is 12.5 Å². The first-order valence-corrected chi connectivity index (χ1v) is 10.3. The van der Waals surface area contributed by atoms with Gasteiger partial charge in [0.15, 0.2) is 0 Å². The number of carbonyl (C=O) groups is 1. The van der Waals surface area contributed by atoms with Crippen molar-refractivity contribution in [2.24, 2.45) is 0 Å². The number of alkyl halides is 3. The number of hydrogen-bond donors (Lipinski definition) is 1. The molecule has 0 saturated carbocycles. The number of rotatable bonds is 6. The van der Waals surface area contributed by atoms with E-state index in [1.54, 1.807) is 41.3 Å². The van der Waals surface area contributed by atoms with Crippen LogP contribution >= 0.6 is 15.9 Å². The summed E-state index contributed by atoms with van der Waals surface area (Å²) in [5.74, 6) is -0.313. The Kier molecular flexibility index (Phi) is 6.13. The van der Waals surface area contributed by atoms with E-state index < -0.39 is 11.7 Å². The van der Waals surface area contributed by atoms with Crippen LogP contribution < -0.4 is 5.32 Å². The molecule has 2 aromatic carbocycles. The minimum atomic E-state index is -4.40. The van der Waals surface area contributed by atoms with Gasteiger partial charge < -0.3 is 5.32 Å². The summed E-state index contributed by atoms with van der Waals surface area (Å²) in [7, 11) is 0. The molecular formula is C22H17BrF3N5O. The molecule has 6 nitrogen and oxygen atoms in total. The highest BCUT2D eigenvalue weighted by Crippen LogP contribution is 2.29. The second kappa shape index (κ2) is 8.99. The zero-order valence-corrected chi connectivity index (χ0v) is 18.1. The van der Waals surface area contributed by atoms with Crippen molar-refractivity contribution in [3.05, 3.63) is 100 Å². The second-order valence-corrected chi connectivity index (χ2v) is 8.05. The van der Waals surface area contributed by atoms with Gasteiger partial charge in [0.1, 0.15) is 0 Å². The summed E-state index contributed by atoms with van der Waals surface area (Å²) in [6.07, 6.45) is 2.15. The van der Waals surface area contributed by atoms with Crippen LogP contribution in [0.3, 0.4) is 0 Å². The van der Waals surface area contributed by atoms with Gasteiger partial charge in [-0.15, -0.1) is 0 Å². The van der Waals surface area contributed by atoms with Gasteiger partial charge >= 0.3 is 6.18 Å². The van der Waals surface area contributed by atoms with E-state index in [0.717, 1.165) is 22.2 Å². The van der Waals surface area contributed by atoms with Crippen molar-refractivity contribution in [3.8, 4) is 0 Å². The number of nitrogens with one attached hydrogen (secondary N) is 1. The molecular weight excluding hydrogens is 487 g/mol. The maximum Gasteiger partial charge on any atom is 0.416 e. The Bertz CT molecular complexity index is 1250. The van der Waals surface area contributed by atoms with Crippen molar-refractivity contribution in [1.82, 2.24) is 19.6 Å². The minimum Gasteiger partial charge on any atom is -0.319 e. The average molecular weight is 504 g/mol. The first-order chi connectivity index (χ1) is 15.3. The highest BCUT2D eigenvalue weighted by Gasteiger charge is 2.30. The molecule has 0 aliphatic rings. The van der Waals surface area contributed by atoms with Crippen molar-refractivity contribution in [2.75, 3.05) is 5.32 Å². The molecule has 0 fully saturated rings. The molecule has 0 bridgehead atoms. The number of carbonyl (C=O) groups excluding carboxylic acids is 1. The van der Waals surface area contributed by atoms with Crippen molar-refractivity contribution < 1.29 is 18.0 Å². The molecule has 0 aliphatic carbocycles. The average Bonchev–Trinajstić information content (AvgIpc) is 3.36. The molecule has 2 aromatic heterocycles. The minimum absolute atomic E-state index is 0.148. The zero-order chi connectivity index (χ0) is 22.7. The fraction of sp³-hybridized carbons (Fsp3) is 0.136. The molecule has 164 valence electrons. The molecule has 0 atom stereocenters. The third-order valence-electron chi connectivity index (χ3n) is 4.63. The monoisotopic (exact) mass is 503 g/mol. The van der Waals surface area contributed by atoms with E-state index in [1.807, 2.05) is 12.3 Å². The first-order valence-electron chi connectivity index (χ1n) is 9.53. The lowest BCUT2D eigenvalue weighted by atomic mass is 10.1. The van der Waals surface area contributed by atoms with Crippen LogP contribution in [0.5, 0.6) is 0 Å². The smallest absolute Gasteiger partial charge is 0.319 e. The third-order valence-corrected chi connectivity index (χ3v) is 5.03. The predicted octanol–water partition coefficient (Wildman–Crippen LogP) is 5.21. The Hall–Kier alpha value is -3.40. The zero-order valence-electron chi connectivity index (χ0n) is 16.6. The standard InChI is InChI=1S/C22H17BrF3N5O/c23-19-9-27-30(13-19)11-15-3-1-5-17(7-15)21(32)29-20-10-28-31(14-20)12-16-4-2-6-18(8-16)22(24,25)26/h1-10,13-14H,11-12H2,(H,29,32). The molecule has 1 amide bonds. The van der Waals surface area contributed by atoms with Crippen LogP contribution in [0.4, 0.5) is 18.9 Å². The van der Waals surface area contributed by atoms with Gasteiger partial charge in [-0.05, 0) is 51.3 Å². The van der Waals surface area contributed by atoms with Gasteiger partial charge in [-0.3, -0.25) is 14.2 Å². The Morgan fingerprint density at radius 1 is 0.938 bits per heavy atom. The second-order valence-electron chi connectivity index (χ2n) is 7.14. The fourth-order valence-corrected chi connectivity index (χ4v) is 3.50. The number of hydrogen-bond acceptors (Lipinski definition) is 3. The highest BCUT2D eigenvalue weighted by molar-refractivity contribution is 9.10. The number of halogens is 4. The summed E-state index contributed by atoms with van der Waals surface area (Å²) in [5.41, 5.74) is 1.58. The Morgan fingerprint density at radius 2 is 1.59 bits per heavy atom. The summed E-state index contributed by atoms with van der Waals surface area (Å²) >= 11 is 3.35. The van der Waals surface area contributed by atoms with Crippen LogP contribution in [0.15, 0.2) is 77.8 Å². The SMILES string of the molecule is O=C(Nc1cnn(Cc2cccc(C(F)(F)F)c2)c1)c1cccc(Cn2cc(Br)cn2)c1. The van der Waals surface area contributed by atoms with Gasteiger partial charge in [0.2, 0.25) is 0 Å².